The van der Waals surface area contributed by atoms with Crippen molar-refractivity contribution in [3.8, 4) is 11.3 Å². The second-order valence-electron chi connectivity index (χ2n) is 8.66. The molecule has 0 radical (unpaired) electrons. The molecule has 0 unspecified atom stereocenters. The van der Waals surface area contributed by atoms with Crippen LogP contribution in [-0.4, -0.2) is 59.5 Å². The van der Waals surface area contributed by atoms with Gasteiger partial charge in [-0.3, -0.25) is 5.10 Å². The normalized spacial score (nSPS) is 18.7. The lowest BCUT2D eigenvalue weighted by molar-refractivity contribution is -0.211. The van der Waals surface area contributed by atoms with Crippen LogP contribution in [0.25, 0.3) is 11.3 Å². The third-order valence-electron chi connectivity index (χ3n) is 6.33. The summed E-state index contributed by atoms with van der Waals surface area (Å²) in [6.45, 7) is 6.80. The molecule has 5 heterocycles. The summed E-state index contributed by atoms with van der Waals surface area (Å²) in [7, 11) is 0. The number of ether oxygens (including phenoxy) is 2. The molecule has 0 atom stereocenters. The number of halogens is 2. The molecule has 33 heavy (non-hydrogen) atoms. The molecule has 170 valence electrons. The van der Waals surface area contributed by atoms with Crippen LogP contribution in [-0.2, 0) is 9.47 Å². The Balaban J connectivity index is 1.51. The molecular formula is C23H22F2N6O2. The van der Waals surface area contributed by atoms with E-state index in [1.807, 2.05) is 19.9 Å². The van der Waals surface area contributed by atoms with Gasteiger partial charge in [0.2, 0.25) is 0 Å². The maximum Gasteiger partial charge on any atom is 0.144 e. The molecule has 0 saturated carbocycles. The molecule has 3 aliphatic rings. The SMILES string of the molecule is Cc1nc(N2CCOC3(COC3)C2)cc2c1N=C(c1c(F)cccc1F)Nc1c-2n[nH]c1C. The van der Waals surface area contributed by atoms with Crippen LogP contribution in [0.4, 0.5) is 26.0 Å². The van der Waals surface area contributed by atoms with E-state index in [0.717, 1.165) is 17.1 Å². The Morgan fingerprint density at radius 2 is 1.94 bits per heavy atom. The molecule has 8 nitrogen and oxygen atoms in total. The van der Waals surface area contributed by atoms with Crippen LogP contribution in [0.3, 0.4) is 0 Å². The van der Waals surface area contributed by atoms with Crippen LogP contribution in [0.2, 0.25) is 0 Å². The van der Waals surface area contributed by atoms with Gasteiger partial charge >= 0.3 is 0 Å². The molecule has 6 rings (SSSR count). The molecule has 10 heteroatoms. The number of nitrogens with one attached hydrogen (secondary N) is 2. The van der Waals surface area contributed by atoms with Crippen molar-refractivity contribution in [2.24, 2.45) is 4.99 Å². The average Bonchev–Trinajstić information content (AvgIpc) is 3.04. The van der Waals surface area contributed by atoms with Crippen molar-refractivity contribution in [2.45, 2.75) is 19.4 Å². The predicted octanol–water partition coefficient (Wildman–Crippen LogP) is 3.48. The number of nitrogens with zero attached hydrogens (tertiary/aromatic N) is 4. The second-order valence-corrected chi connectivity index (χ2v) is 8.66. The van der Waals surface area contributed by atoms with E-state index in [1.54, 1.807) is 0 Å². The molecule has 0 aliphatic carbocycles. The van der Waals surface area contributed by atoms with Gasteiger partial charge in [0.05, 0.1) is 54.7 Å². The highest BCUT2D eigenvalue weighted by Gasteiger charge is 2.44. The van der Waals surface area contributed by atoms with Gasteiger partial charge in [-0.25, -0.2) is 18.8 Å². The van der Waals surface area contributed by atoms with Gasteiger partial charge < -0.3 is 19.7 Å². The predicted molar refractivity (Wildman–Crippen MR) is 119 cm³/mol. The lowest BCUT2D eigenvalue weighted by Crippen LogP contribution is -2.63. The molecule has 2 fully saturated rings. The quantitative estimate of drug-likeness (QED) is 0.619. The Labute approximate surface area is 188 Å². The number of aromatic amines is 1. The van der Waals surface area contributed by atoms with Crippen LogP contribution in [0.15, 0.2) is 29.3 Å². The summed E-state index contributed by atoms with van der Waals surface area (Å²) in [4.78, 5) is 11.6. The molecule has 3 aromatic rings. The van der Waals surface area contributed by atoms with E-state index in [4.69, 9.17) is 14.5 Å². The van der Waals surface area contributed by atoms with Gasteiger partial charge in [0.25, 0.3) is 0 Å². The van der Waals surface area contributed by atoms with Crippen LogP contribution >= 0.6 is 0 Å². The number of aliphatic imine (C=N–C) groups is 1. The number of fused-ring (bicyclic) bond motifs is 3. The number of hydrogen-bond donors (Lipinski definition) is 2. The summed E-state index contributed by atoms with van der Waals surface area (Å²) in [5.74, 6) is -0.542. The van der Waals surface area contributed by atoms with Crippen LogP contribution in [0, 0.1) is 25.5 Å². The Morgan fingerprint density at radius 3 is 2.67 bits per heavy atom. The van der Waals surface area contributed by atoms with Crippen molar-refractivity contribution >= 4 is 23.0 Å². The van der Waals surface area contributed by atoms with Crippen LogP contribution in [0.5, 0.6) is 0 Å². The number of aromatic nitrogens is 3. The summed E-state index contributed by atoms with van der Waals surface area (Å²) in [5.41, 5.74) is 3.36. The number of benzene rings is 1. The summed E-state index contributed by atoms with van der Waals surface area (Å²) in [5, 5.41) is 10.6. The monoisotopic (exact) mass is 452 g/mol. The molecule has 2 aromatic heterocycles. The number of aryl methyl sites for hydroxylation is 2. The highest BCUT2D eigenvalue weighted by molar-refractivity contribution is 6.14. The van der Waals surface area contributed by atoms with Gasteiger partial charge in [0.15, 0.2) is 0 Å². The number of rotatable bonds is 2. The third kappa shape index (κ3) is 3.20. The van der Waals surface area contributed by atoms with E-state index in [0.29, 0.717) is 55.7 Å². The van der Waals surface area contributed by atoms with Gasteiger partial charge in [-0.2, -0.15) is 5.10 Å². The van der Waals surface area contributed by atoms with E-state index in [9.17, 15) is 8.78 Å². The number of amidine groups is 1. The Kier molecular flexibility index (Phi) is 4.49. The number of morpholine rings is 1. The Morgan fingerprint density at radius 1 is 1.15 bits per heavy atom. The first-order valence-electron chi connectivity index (χ1n) is 10.8. The zero-order valence-corrected chi connectivity index (χ0v) is 18.2. The smallest absolute Gasteiger partial charge is 0.144 e. The maximum atomic E-state index is 14.6. The Hall–Kier alpha value is -3.37. The van der Waals surface area contributed by atoms with Crippen LogP contribution < -0.4 is 10.2 Å². The van der Waals surface area contributed by atoms with Crippen molar-refractivity contribution < 1.29 is 18.3 Å². The van der Waals surface area contributed by atoms with Crippen molar-refractivity contribution in [3.05, 3.63) is 52.9 Å². The van der Waals surface area contributed by atoms with Gasteiger partial charge in [-0.1, -0.05) is 6.07 Å². The molecule has 3 aliphatic heterocycles. The summed E-state index contributed by atoms with van der Waals surface area (Å²) in [6.07, 6.45) is 0. The molecule has 1 spiro atoms. The fourth-order valence-electron chi connectivity index (χ4n) is 4.56. The summed E-state index contributed by atoms with van der Waals surface area (Å²) >= 11 is 0. The molecule has 0 bridgehead atoms. The van der Waals surface area contributed by atoms with Gasteiger partial charge in [-0.15, -0.1) is 0 Å². The van der Waals surface area contributed by atoms with Crippen molar-refractivity contribution in [1.82, 2.24) is 15.2 Å². The standard InChI is InChI=1S/C23H22F2N6O2/c1-12-19-14(8-17(26-12)31-6-7-33-23(9-31)10-32-11-23)21-20(13(2)29-30-21)28-22(27-19)18-15(24)4-3-5-16(18)25/h3-5,8H,6-7,9-11H2,1-2H3,(H,27,28)(H,29,30). The minimum atomic E-state index is -0.698. The van der Waals surface area contributed by atoms with E-state index in [-0.39, 0.29) is 17.0 Å². The molecule has 2 N–H and O–H groups in total. The zero-order valence-electron chi connectivity index (χ0n) is 18.2. The van der Waals surface area contributed by atoms with E-state index >= 15 is 0 Å². The van der Waals surface area contributed by atoms with E-state index in [2.05, 4.69) is 25.4 Å². The summed E-state index contributed by atoms with van der Waals surface area (Å²) in [6, 6.07) is 5.69. The highest BCUT2D eigenvalue weighted by Crippen LogP contribution is 2.42. The van der Waals surface area contributed by atoms with Crippen LogP contribution in [0.1, 0.15) is 17.0 Å². The van der Waals surface area contributed by atoms with Crippen molar-refractivity contribution in [3.63, 3.8) is 0 Å². The topological polar surface area (TPSA) is 87.7 Å². The average molecular weight is 452 g/mol. The number of anilines is 2. The van der Waals surface area contributed by atoms with Crippen molar-refractivity contribution in [1.29, 1.82) is 0 Å². The first-order chi connectivity index (χ1) is 15.9. The van der Waals surface area contributed by atoms with Gasteiger partial charge in [0, 0.05) is 12.1 Å². The first-order valence-corrected chi connectivity index (χ1v) is 10.8. The van der Waals surface area contributed by atoms with E-state index < -0.39 is 11.6 Å². The van der Waals surface area contributed by atoms with Gasteiger partial charge in [0.1, 0.15) is 34.6 Å². The summed E-state index contributed by atoms with van der Waals surface area (Å²) < 4.78 is 40.6. The lowest BCUT2D eigenvalue weighted by Gasteiger charge is -2.48. The Bertz CT molecular complexity index is 1280. The lowest BCUT2D eigenvalue weighted by atomic mass is 9.99. The molecular weight excluding hydrogens is 430 g/mol. The maximum absolute atomic E-state index is 14.6. The minimum Gasteiger partial charge on any atom is -0.375 e. The van der Waals surface area contributed by atoms with E-state index in [1.165, 1.54) is 18.2 Å². The minimum absolute atomic E-state index is 0.0738. The van der Waals surface area contributed by atoms with Gasteiger partial charge in [-0.05, 0) is 32.0 Å². The number of pyridine rings is 1. The fraction of sp³-hybridized carbons (Fsp3) is 0.348. The van der Waals surface area contributed by atoms with Crippen molar-refractivity contribution in [2.75, 3.05) is 43.1 Å². The number of hydrogen-bond acceptors (Lipinski definition) is 7. The largest absolute Gasteiger partial charge is 0.375 e. The second kappa shape index (κ2) is 7.32. The molecule has 2 saturated heterocycles. The first kappa shape index (κ1) is 20.3. The third-order valence-corrected chi connectivity index (χ3v) is 6.33. The molecule has 1 aromatic carbocycles. The zero-order chi connectivity index (χ0) is 22.7. The highest BCUT2D eigenvalue weighted by atomic mass is 19.1. The molecule has 0 amide bonds. The number of H-pyrrole nitrogens is 1. The fourth-order valence-corrected chi connectivity index (χ4v) is 4.56.